The summed E-state index contributed by atoms with van der Waals surface area (Å²) in [6.45, 7) is -1.38. The summed E-state index contributed by atoms with van der Waals surface area (Å²) in [4.78, 5) is 0.0957. The number of aliphatic hydroxyl groups excluding tert-OH is 7. The summed E-state index contributed by atoms with van der Waals surface area (Å²) in [7, 11) is -3.68. The molecule has 0 aliphatic carbocycles. The van der Waals surface area contributed by atoms with Crippen molar-refractivity contribution in [2.75, 3.05) is 19.0 Å². The molecular weight excluding hydrogens is 464 g/mol. The first-order valence-corrected chi connectivity index (χ1v) is 12.1. The fourth-order valence-corrected chi connectivity index (χ4v) is 5.27. The Balaban J connectivity index is 1.67. The third-order valence-corrected chi connectivity index (χ3v) is 7.64. The number of rotatable bonds is 8. The van der Waals surface area contributed by atoms with Crippen molar-refractivity contribution in [3.8, 4) is 0 Å². The molecule has 2 heterocycles. The van der Waals surface area contributed by atoms with E-state index in [1.165, 1.54) is 12.1 Å². The molecule has 0 aromatic heterocycles. The molecule has 7 N–H and O–H groups in total. The number of ether oxygens (including phenoxy) is 3. The molecular formula is C20H30O12S. The Hall–Kier alpha value is -1.23. The maximum atomic E-state index is 12.5. The Morgan fingerprint density at radius 3 is 1.97 bits per heavy atom. The molecule has 0 saturated carbocycles. The van der Waals surface area contributed by atoms with E-state index < -0.39 is 84.3 Å². The number of benzene rings is 1. The van der Waals surface area contributed by atoms with Crippen LogP contribution in [0.4, 0.5) is 0 Å². The molecule has 2 saturated heterocycles. The topological polar surface area (TPSA) is 203 Å². The zero-order valence-electron chi connectivity index (χ0n) is 17.6. The van der Waals surface area contributed by atoms with E-state index in [0.29, 0.717) is 0 Å². The lowest BCUT2D eigenvalue weighted by Gasteiger charge is -2.46. The van der Waals surface area contributed by atoms with Gasteiger partial charge in [-0.2, -0.15) is 0 Å². The number of hydrogen-bond acceptors (Lipinski definition) is 12. The van der Waals surface area contributed by atoms with Crippen LogP contribution in [0.25, 0.3) is 0 Å². The van der Waals surface area contributed by atoms with Gasteiger partial charge in [-0.15, -0.1) is 0 Å². The summed E-state index contributed by atoms with van der Waals surface area (Å²) in [5.74, 6) is -0.387. The quantitative estimate of drug-likeness (QED) is 0.188. The van der Waals surface area contributed by atoms with Gasteiger partial charge in [0.05, 0.1) is 30.0 Å². The Morgan fingerprint density at radius 1 is 0.758 bits per heavy atom. The van der Waals surface area contributed by atoms with Crippen LogP contribution in [0.3, 0.4) is 0 Å². The predicted molar refractivity (Wildman–Crippen MR) is 110 cm³/mol. The molecule has 12 nitrogen and oxygen atoms in total. The van der Waals surface area contributed by atoms with Crippen molar-refractivity contribution in [2.45, 2.75) is 72.5 Å². The van der Waals surface area contributed by atoms with Crippen LogP contribution in [0.1, 0.15) is 6.42 Å². The molecule has 13 heteroatoms. The van der Waals surface area contributed by atoms with Crippen LogP contribution in [0.2, 0.25) is 0 Å². The van der Waals surface area contributed by atoms with Gasteiger partial charge in [-0.3, -0.25) is 0 Å². The molecule has 33 heavy (non-hydrogen) atoms. The number of hydrogen-bond donors (Lipinski definition) is 7. The van der Waals surface area contributed by atoms with Crippen molar-refractivity contribution >= 4 is 9.84 Å². The average Bonchev–Trinajstić information content (AvgIpc) is 2.82. The third kappa shape index (κ3) is 5.71. The van der Waals surface area contributed by atoms with Crippen LogP contribution in [0.5, 0.6) is 0 Å². The Bertz CT molecular complexity index is 848. The molecule has 1 aromatic carbocycles. The zero-order valence-corrected chi connectivity index (χ0v) is 18.4. The normalized spacial score (nSPS) is 40.0. The van der Waals surface area contributed by atoms with Gasteiger partial charge in [0.25, 0.3) is 0 Å². The van der Waals surface area contributed by atoms with Crippen LogP contribution in [-0.4, -0.2) is 124 Å². The van der Waals surface area contributed by atoms with Crippen molar-refractivity contribution in [3.05, 3.63) is 30.3 Å². The number of sulfone groups is 1. The van der Waals surface area contributed by atoms with Gasteiger partial charge in [-0.1, -0.05) is 18.2 Å². The molecule has 0 amide bonds. The van der Waals surface area contributed by atoms with Crippen molar-refractivity contribution < 1.29 is 58.4 Å². The molecule has 0 spiro atoms. The first-order chi connectivity index (χ1) is 15.6. The smallest absolute Gasteiger partial charge is 0.187 e. The van der Waals surface area contributed by atoms with E-state index in [0.717, 1.165) is 0 Å². The maximum Gasteiger partial charge on any atom is 0.187 e. The Labute approximate surface area is 190 Å². The summed E-state index contributed by atoms with van der Waals surface area (Å²) in [6, 6.07) is 7.69. The third-order valence-electron chi connectivity index (χ3n) is 5.88. The second kappa shape index (κ2) is 11.0. The summed E-state index contributed by atoms with van der Waals surface area (Å²) >= 11 is 0. The maximum absolute atomic E-state index is 12.5. The second-order valence-corrected chi connectivity index (χ2v) is 10.2. The highest BCUT2D eigenvalue weighted by atomic mass is 32.2. The minimum Gasteiger partial charge on any atom is -0.394 e. The molecule has 2 aliphatic rings. The first kappa shape index (κ1) is 26.4. The fourth-order valence-electron chi connectivity index (χ4n) is 3.92. The van der Waals surface area contributed by atoms with E-state index in [2.05, 4.69) is 0 Å². The molecule has 188 valence electrons. The average molecular weight is 495 g/mol. The molecule has 1 aromatic rings. The molecule has 0 radical (unpaired) electrons. The minimum absolute atomic E-state index is 0.0957. The van der Waals surface area contributed by atoms with E-state index in [9.17, 15) is 44.2 Å². The molecule has 2 aliphatic heterocycles. The van der Waals surface area contributed by atoms with E-state index in [1.54, 1.807) is 18.2 Å². The van der Waals surface area contributed by atoms with Crippen LogP contribution in [-0.2, 0) is 24.0 Å². The predicted octanol–water partition coefficient (Wildman–Crippen LogP) is -3.48. The van der Waals surface area contributed by atoms with Gasteiger partial charge >= 0.3 is 0 Å². The fraction of sp³-hybridized carbons (Fsp3) is 0.700. The summed E-state index contributed by atoms with van der Waals surface area (Å²) < 4.78 is 41.3. The van der Waals surface area contributed by atoms with Crippen molar-refractivity contribution in [2.24, 2.45) is 0 Å². The van der Waals surface area contributed by atoms with Gasteiger partial charge in [-0.05, 0) is 18.6 Å². The van der Waals surface area contributed by atoms with Crippen molar-refractivity contribution in [1.82, 2.24) is 0 Å². The molecule has 10 atom stereocenters. The highest BCUT2D eigenvalue weighted by Gasteiger charge is 2.50. The van der Waals surface area contributed by atoms with Crippen molar-refractivity contribution in [1.29, 1.82) is 0 Å². The first-order valence-electron chi connectivity index (χ1n) is 10.5. The number of aliphatic hydroxyl groups is 7. The largest absolute Gasteiger partial charge is 0.394 e. The lowest BCUT2D eigenvalue weighted by atomic mass is 9.93. The van der Waals surface area contributed by atoms with Crippen LogP contribution in [0, 0.1) is 0 Å². The SMILES string of the molecule is O=S(=O)(CC[C@H]1O[C@H](CO)[C@@H](O[C@H]2O[C@H](CO)[C@@H](O)[C@H](O)[C@H]2O)[C@H](O)[C@H]1O)c1ccccc1. The van der Waals surface area contributed by atoms with E-state index in [4.69, 9.17) is 14.2 Å². The van der Waals surface area contributed by atoms with Crippen LogP contribution >= 0.6 is 0 Å². The second-order valence-electron chi connectivity index (χ2n) is 8.10. The van der Waals surface area contributed by atoms with Gasteiger partial charge in [-0.25, -0.2) is 8.42 Å². The monoisotopic (exact) mass is 494 g/mol. The molecule has 0 bridgehead atoms. The lowest BCUT2D eigenvalue weighted by Crippen LogP contribution is -2.64. The zero-order chi connectivity index (χ0) is 24.3. The minimum atomic E-state index is -3.68. The van der Waals surface area contributed by atoms with Crippen molar-refractivity contribution in [3.63, 3.8) is 0 Å². The van der Waals surface area contributed by atoms with E-state index in [1.807, 2.05) is 0 Å². The standard InChI is InChI=1S/C20H30O12S/c21-8-12-15(24)16(25)18(27)20(31-12)32-19-13(9-22)30-11(14(23)17(19)26)6-7-33(28,29)10-4-2-1-3-5-10/h1-5,11-27H,6-9H2/t11-,12-,13-,14+,15-,16+,17-,18-,19-,20-/m1/s1. The van der Waals surface area contributed by atoms with E-state index in [-0.39, 0.29) is 17.1 Å². The van der Waals surface area contributed by atoms with E-state index >= 15 is 0 Å². The van der Waals surface area contributed by atoms with Gasteiger partial charge in [0, 0.05) is 0 Å². The van der Waals surface area contributed by atoms with Gasteiger partial charge < -0.3 is 50.0 Å². The molecule has 0 unspecified atom stereocenters. The summed E-state index contributed by atoms with van der Waals surface area (Å²) in [5.41, 5.74) is 0. The van der Waals surface area contributed by atoms with Gasteiger partial charge in [0.1, 0.15) is 48.8 Å². The summed E-state index contributed by atoms with van der Waals surface area (Å²) in [6.07, 6.45) is -15.3. The van der Waals surface area contributed by atoms with Crippen LogP contribution < -0.4 is 0 Å². The highest BCUT2D eigenvalue weighted by Crippen LogP contribution is 2.30. The van der Waals surface area contributed by atoms with Crippen LogP contribution in [0.15, 0.2) is 35.2 Å². The van der Waals surface area contributed by atoms with Gasteiger partial charge in [0.15, 0.2) is 16.1 Å². The molecule has 2 fully saturated rings. The molecule has 3 rings (SSSR count). The lowest BCUT2D eigenvalue weighted by molar-refractivity contribution is -0.342. The highest BCUT2D eigenvalue weighted by molar-refractivity contribution is 7.91. The Morgan fingerprint density at radius 2 is 1.36 bits per heavy atom. The van der Waals surface area contributed by atoms with Gasteiger partial charge in [0.2, 0.25) is 0 Å². The summed E-state index contributed by atoms with van der Waals surface area (Å²) in [5, 5.41) is 70.0. The Kier molecular flexibility index (Phi) is 8.80.